The first-order valence-corrected chi connectivity index (χ1v) is 9.34. The number of guanidine groups is 1. The second kappa shape index (κ2) is 13.3. The molecule has 1 aliphatic rings. The normalized spacial score (nSPS) is 16.2. The van der Waals surface area contributed by atoms with Crippen LogP contribution < -0.4 is 10.6 Å². The lowest BCUT2D eigenvalue weighted by atomic mass is 10.1. The number of aliphatic hydroxyl groups excluding tert-OH is 1. The van der Waals surface area contributed by atoms with Crippen LogP contribution in [0.4, 0.5) is 4.39 Å². The summed E-state index contributed by atoms with van der Waals surface area (Å²) in [7, 11) is 0. The molecule has 0 amide bonds. The molecule has 0 bridgehead atoms. The van der Waals surface area contributed by atoms with Crippen LogP contribution in [0.15, 0.2) is 29.3 Å². The van der Waals surface area contributed by atoms with E-state index in [1.165, 1.54) is 12.1 Å². The van der Waals surface area contributed by atoms with Gasteiger partial charge < -0.3 is 20.6 Å². The van der Waals surface area contributed by atoms with Crippen molar-refractivity contribution in [3.63, 3.8) is 0 Å². The number of likely N-dealkylation sites (tertiary alicyclic amines) is 1. The minimum absolute atomic E-state index is 0. The Bertz CT molecular complexity index is 519. The summed E-state index contributed by atoms with van der Waals surface area (Å²) in [4.78, 5) is 7.02. The third kappa shape index (κ3) is 9.14. The molecule has 0 aromatic heterocycles. The van der Waals surface area contributed by atoms with Crippen molar-refractivity contribution in [2.75, 3.05) is 39.3 Å². The second-order valence-electron chi connectivity index (χ2n) is 6.49. The average Bonchev–Trinajstić information content (AvgIpc) is 2.62. The van der Waals surface area contributed by atoms with Gasteiger partial charge >= 0.3 is 0 Å². The summed E-state index contributed by atoms with van der Waals surface area (Å²) in [6.45, 7) is 7.43. The molecule has 2 rings (SSSR count). The maximum atomic E-state index is 12.9. The number of halogens is 2. The van der Waals surface area contributed by atoms with Gasteiger partial charge in [-0.05, 0) is 56.8 Å². The Balaban J connectivity index is 0.00000338. The summed E-state index contributed by atoms with van der Waals surface area (Å²) in [6.07, 6.45) is 3.51. The first-order chi connectivity index (χ1) is 12.2. The van der Waals surface area contributed by atoms with E-state index in [4.69, 9.17) is 0 Å². The largest absolute Gasteiger partial charge is 0.393 e. The molecule has 7 heteroatoms. The van der Waals surface area contributed by atoms with E-state index in [1.54, 1.807) is 0 Å². The molecule has 5 nitrogen and oxygen atoms in total. The predicted octanol–water partition coefficient (Wildman–Crippen LogP) is 2.39. The first kappa shape index (κ1) is 23.1. The van der Waals surface area contributed by atoms with E-state index >= 15 is 0 Å². The highest BCUT2D eigenvalue weighted by molar-refractivity contribution is 14.0. The molecule has 1 fully saturated rings. The molecule has 148 valence electrons. The summed E-state index contributed by atoms with van der Waals surface area (Å²) < 4.78 is 12.9. The fourth-order valence-corrected chi connectivity index (χ4v) is 2.95. The molecule has 1 aromatic rings. The lowest BCUT2D eigenvalue weighted by molar-refractivity contribution is 0.0824. The lowest BCUT2D eigenvalue weighted by Gasteiger charge is -2.29. The van der Waals surface area contributed by atoms with Crippen LogP contribution >= 0.6 is 24.0 Å². The smallest absolute Gasteiger partial charge is 0.191 e. The van der Waals surface area contributed by atoms with Crippen molar-refractivity contribution in [1.82, 2.24) is 15.5 Å². The summed E-state index contributed by atoms with van der Waals surface area (Å²) in [5.41, 5.74) is 1.11. The number of rotatable bonds is 8. The van der Waals surface area contributed by atoms with E-state index in [0.717, 1.165) is 76.5 Å². The molecule has 0 spiro atoms. The fourth-order valence-electron chi connectivity index (χ4n) is 2.95. The first-order valence-electron chi connectivity index (χ1n) is 9.34. The molecule has 0 saturated carbocycles. The Morgan fingerprint density at radius 1 is 1.23 bits per heavy atom. The van der Waals surface area contributed by atoms with Gasteiger partial charge in [0, 0.05) is 32.7 Å². The number of aliphatic hydroxyl groups is 1. The molecule has 26 heavy (non-hydrogen) atoms. The van der Waals surface area contributed by atoms with Crippen LogP contribution in [0.5, 0.6) is 0 Å². The highest BCUT2D eigenvalue weighted by atomic mass is 127. The molecule has 0 aliphatic carbocycles. The minimum Gasteiger partial charge on any atom is -0.393 e. The molecule has 1 saturated heterocycles. The van der Waals surface area contributed by atoms with Crippen molar-refractivity contribution in [3.05, 3.63) is 35.6 Å². The van der Waals surface area contributed by atoms with Crippen molar-refractivity contribution in [1.29, 1.82) is 0 Å². The van der Waals surface area contributed by atoms with E-state index < -0.39 is 0 Å². The Morgan fingerprint density at radius 3 is 2.58 bits per heavy atom. The van der Waals surface area contributed by atoms with E-state index in [1.807, 2.05) is 12.1 Å². The molecule has 1 aliphatic heterocycles. The lowest BCUT2D eigenvalue weighted by Crippen LogP contribution is -2.39. The van der Waals surface area contributed by atoms with Crippen molar-refractivity contribution >= 4 is 29.9 Å². The zero-order valence-corrected chi connectivity index (χ0v) is 17.9. The van der Waals surface area contributed by atoms with Crippen molar-refractivity contribution < 1.29 is 9.50 Å². The van der Waals surface area contributed by atoms with E-state index in [9.17, 15) is 9.50 Å². The SMILES string of the molecule is CCNC(=NCCCN1CCC(O)CC1)NCCc1ccc(F)cc1.I. The quantitative estimate of drug-likeness (QED) is 0.233. The standard InChI is InChI=1S/C19H31FN4O.HI/c1-2-21-19(23-12-8-16-4-6-17(20)7-5-16)22-11-3-13-24-14-9-18(25)10-15-24;/h4-7,18,25H,2-3,8-15H2,1H3,(H2,21,22,23);1H. The van der Waals surface area contributed by atoms with Crippen LogP contribution in [0.2, 0.25) is 0 Å². The van der Waals surface area contributed by atoms with Gasteiger partial charge in [0.15, 0.2) is 5.96 Å². The van der Waals surface area contributed by atoms with Crippen LogP contribution in [-0.4, -0.2) is 61.3 Å². The van der Waals surface area contributed by atoms with Crippen LogP contribution in [-0.2, 0) is 6.42 Å². The third-order valence-corrected chi connectivity index (χ3v) is 4.42. The van der Waals surface area contributed by atoms with Crippen LogP contribution in [0.25, 0.3) is 0 Å². The number of benzene rings is 1. The zero-order chi connectivity index (χ0) is 17.9. The maximum absolute atomic E-state index is 12.9. The fraction of sp³-hybridized carbons (Fsp3) is 0.632. The van der Waals surface area contributed by atoms with Gasteiger partial charge in [-0.2, -0.15) is 0 Å². The second-order valence-corrected chi connectivity index (χ2v) is 6.49. The molecule has 0 atom stereocenters. The number of aliphatic imine (C=N–C) groups is 1. The average molecular weight is 478 g/mol. The van der Waals surface area contributed by atoms with Crippen molar-refractivity contribution in [2.45, 2.75) is 38.7 Å². The summed E-state index contributed by atoms with van der Waals surface area (Å²) in [5, 5.41) is 16.1. The molecular formula is C19H32FIN4O. The molecule has 0 radical (unpaired) electrons. The van der Waals surface area contributed by atoms with Gasteiger partial charge in [0.1, 0.15) is 5.82 Å². The number of hydrogen-bond acceptors (Lipinski definition) is 3. The Labute approximate surface area is 173 Å². The third-order valence-electron chi connectivity index (χ3n) is 4.42. The van der Waals surface area contributed by atoms with E-state index in [2.05, 4.69) is 27.4 Å². The van der Waals surface area contributed by atoms with Crippen molar-refractivity contribution in [2.24, 2.45) is 4.99 Å². The van der Waals surface area contributed by atoms with Gasteiger partial charge in [0.05, 0.1) is 6.10 Å². The van der Waals surface area contributed by atoms with E-state index in [0.29, 0.717) is 0 Å². The monoisotopic (exact) mass is 478 g/mol. The predicted molar refractivity (Wildman–Crippen MR) is 116 cm³/mol. The zero-order valence-electron chi connectivity index (χ0n) is 15.6. The summed E-state index contributed by atoms with van der Waals surface area (Å²) >= 11 is 0. The molecule has 0 unspecified atom stereocenters. The summed E-state index contributed by atoms with van der Waals surface area (Å²) in [5.74, 6) is 0.633. The Morgan fingerprint density at radius 2 is 1.92 bits per heavy atom. The van der Waals surface area contributed by atoms with Crippen molar-refractivity contribution in [3.8, 4) is 0 Å². The minimum atomic E-state index is -0.199. The van der Waals surface area contributed by atoms with Gasteiger partial charge in [-0.25, -0.2) is 4.39 Å². The highest BCUT2D eigenvalue weighted by Gasteiger charge is 2.15. The van der Waals surface area contributed by atoms with Gasteiger partial charge in [-0.15, -0.1) is 24.0 Å². The van der Waals surface area contributed by atoms with Gasteiger partial charge in [0.2, 0.25) is 0 Å². The van der Waals surface area contributed by atoms with Crippen LogP contribution in [0.3, 0.4) is 0 Å². The highest BCUT2D eigenvalue weighted by Crippen LogP contribution is 2.09. The number of piperidine rings is 1. The topological polar surface area (TPSA) is 59.9 Å². The maximum Gasteiger partial charge on any atom is 0.191 e. The molecular weight excluding hydrogens is 446 g/mol. The van der Waals surface area contributed by atoms with Crippen LogP contribution in [0, 0.1) is 5.82 Å². The van der Waals surface area contributed by atoms with Gasteiger partial charge in [0.25, 0.3) is 0 Å². The van der Waals surface area contributed by atoms with Gasteiger partial charge in [-0.1, -0.05) is 12.1 Å². The molecule has 1 heterocycles. The molecule has 1 aromatic carbocycles. The van der Waals surface area contributed by atoms with Gasteiger partial charge in [-0.3, -0.25) is 4.99 Å². The Kier molecular flexibility index (Phi) is 11.8. The number of nitrogens with one attached hydrogen (secondary N) is 2. The number of hydrogen-bond donors (Lipinski definition) is 3. The van der Waals surface area contributed by atoms with Crippen LogP contribution in [0.1, 0.15) is 31.7 Å². The molecule has 3 N–H and O–H groups in total. The summed E-state index contributed by atoms with van der Waals surface area (Å²) in [6, 6.07) is 6.62. The Hall–Kier alpha value is -0.930. The van der Waals surface area contributed by atoms with E-state index in [-0.39, 0.29) is 35.9 Å². The number of nitrogens with zero attached hydrogens (tertiary/aromatic N) is 2.